The fraction of sp³-hybridized carbons (Fsp3) is 0.650. The van der Waals surface area contributed by atoms with E-state index < -0.39 is 54.0 Å². The summed E-state index contributed by atoms with van der Waals surface area (Å²) in [6.07, 6.45) is 1.47. The lowest BCUT2D eigenvalue weighted by Gasteiger charge is -2.27. The molecule has 0 aliphatic carbocycles. The van der Waals surface area contributed by atoms with Crippen molar-refractivity contribution in [3.8, 4) is 0 Å². The molecule has 8 N–H and O–H groups in total. The second kappa shape index (κ2) is 12.2. The van der Waals surface area contributed by atoms with Gasteiger partial charge in [0.2, 0.25) is 17.7 Å². The van der Waals surface area contributed by atoms with Crippen LogP contribution in [0.1, 0.15) is 40.3 Å². The molecular weight excluding hydrogens is 420 g/mol. The van der Waals surface area contributed by atoms with Crippen LogP contribution in [-0.2, 0) is 25.6 Å². The third-order valence-electron chi connectivity index (χ3n) is 4.93. The SMILES string of the molecule is CC(C)C(N)C(=O)NC(C(=O)NC(Cc1cnc[nH]1)C(=O)NC(C(=O)O)C(C)O)C(C)C. The Labute approximate surface area is 186 Å². The molecule has 0 saturated carbocycles. The molecule has 0 bridgehead atoms. The van der Waals surface area contributed by atoms with Gasteiger partial charge in [0, 0.05) is 18.3 Å². The lowest BCUT2D eigenvalue weighted by atomic mass is 9.99. The fourth-order valence-electron chi connectivity index (χ4n) is 2.82. The minimum atomic E-state index is -1.56. The maximum atomic E-state index is 13.0. The summed E-state index contributed by atoms with van der Waals surface area (Å²) in [6.45, 7) is 8.23. The van der Waals surface area contributed by atoms with Crippen molar-refractivity contribution in [3.05, 3.63) is 18.2 Å². The van der Waals surface area contributed by atoms with Crippen molar-refractivity contribution in [2.45, 2.75) is 71.3 Å². The molecule has 0 aromatic carbocycles. The summed E-state index contributed by atoms with van der Waals surface area (Å²) in [5.41, 5.74) is 6.38. The summed E-state index contributed by atoms with van der Waals surface area (Å²) < 4.78 is 0. The number of aromatic amines is 1. The number of aliphatic hydroxyl groups excluding tert-OH is 1. The normalized spacial score (nSPS) is 16.0. The molecule has 0 saturated heterocycles. The van der Waals surface area contributed by atoms with Crippen LogP contribution < -0.4 is 21.7 Å². The van der Waals surface area contributed by atoms with Crippen molar-refractivity contribution in [1.82, 2.24) is 25.9 Å². The Bertz CT molecular complexity index is 780. The number of nitrogens with two attached hydrogens (primary N) is 1. The molecular formula is C20H34N6O6. The molecule has 12 heteroatoms. The lowest BCUT2D eigenvalue weighted by molar-refractivity contribution is -0.145. The molecule has 180 valence electrons. The fourth-order valence-corrected chi connectivity index (χ4v) is 2.82. The van der Waals surface area contributed by atoms with Gasteiger partial charge in [-0.1, -0.05) is 27.7 Å². The molecule has 0 radical (unpaired) electrons. The molecule has 0 fully saturated rings. The van der Waals surface area contributed by atoms with E-state index in [1.54, 1.807) is 27.7 Å². The summed E-state index contributed by atoms with van der Waals surface area (Å²) in [7, 11) is 0. The van der Waals surface area contributed by atoms with E-state index in [9.17, 15) is 29.4 Å². The highest BCUT2D eigenvalue weighted by molar-refractivity contribution is 5.94. The second-order valence-corrected chi connectivity index (χ2v) is 8.41. The van der Waals surface area contributed by atoms with Crippen LogP contribution in [0.3, 0.4) is 0 Å². The molecule has 32 heavy (non-hydrogen) atoms. The van der Waals surface area contributed by atoms with Gasteiger partial charge >= 0.3 is 5.97 Å². The number of aliphatic carboxylic acids is 1. The predicted octanol–water partition coefficient (Wildman–Crippen LogP) is -1.49. The van der Waals surface area contributed by atoms with Crippen molar-refractivity contribution in [2.24, 2.45) is 17.6 Å². The minimum Gasteiger partial charge on any atom is -0.480 e. The molecule has 1 rings (SSSR count). The van der Waals surface area contributed by atoms with Crippen LogP contribution in [-0.4, -0.2) is 74.1 Å². The quantitative estimate of drug-likeness (QED) is 0.198. The summed E-state index contributed by atoms with van der Waals surface area (Å²) >= 11 is 0. The topological polar surface area (TPSA) is 200 Å². The Hall–Kier alpha value is -2.99. The molecule has 1 aromatic heterocycles. The van der Waals surface area contributed by atoms with Gasteiger partial charge in [0.25, 0.3) is 0 Å². The van der Waals surface area contributed by atoms with E-state index in [1.165, 1.54) is 19.4 Å². The van der Waals surface area contributed by atoms with Gasteiger partial charge in [-0.3, -0.25) is 14.4 Å². The highest BCUT2D eigenvalue weighted by Crippen LogP contribution is 2.07. The number of carbonyl (C=O) groups is 4. The first-order valence-corrected chi connectivity index (χ1v) is 10.4. The van der Waals surface area contributed by atoms with Crippen LogP contribution in [0.4, 0.5) is 0 Å². The van der Waals surface area contributed by atoms with Crippen molar-refractivity contribution >= 4 is 23.7 Å². The third kappa shape index (κ3) is 7.93. The first kappa shape index (κ1) is 27.0. The average Bonchev–Trinajstić information content (AvgIpc) is 3.20. The smallest absolute Gasteiger partial charge is 0.328 e. The third-order valence-corrected chi connectivity index (χ3v) is 4.93. The number of imidazole rings is 1. The van der Waals surface area contributed by atoms with E-state index in [-0.39, 0.29) is 18.3 Å². The van der Waals surface area contributed by atoms with Crippen molar-refractivity contribution in [1.29, 1.82) is 0 Å². The molecule has 5 atom stereocenters. The van der Waals surface area contributed by atoms with Gasteiger partial charge in [0.1, 0.15) is 12.1 Å². The molecule has 12 nitrogen and oxygen atoms in total. The Morgan fingerprint density at radius 3 is 2.00 bits per heavy atom. The molecule has 0 spiro atoms. The van der Waals surface area contributed by atoms with Crippen molar-refractivity contribution < 1.29 is 29.4 Å². The number of amides is 3. The van der Waals surface area contributed by atoms with Crippen molar-refractivity contribution in [2.75, 3.05) is 0 Å². The number of hydrogen-bond acceptors (Lipinski definition) is 7. The van der Waals surface area contributed by atoms with Crippen LogP contribution >= 0.6 is 0 Å². The summed E-state index contributed by atoms with van der Waals surface area (Å²) in [6, 6.07) is -4.54. The van der Waals surface area contributed by atoms with Crippen LogP contribution in [0.5, 0.6) is 0 Å². The van der Waals surface area contributed by atoms with Gasteiger partial charge in [-0.15, -0.1) is 0 Å². The summed E-state index contributed by atoms with van der Waals surface area (Å²) in [5, 5.41) is 26.3. The van der Waals surface area contributed by atoms with E-state index in [0.717, 1.165) is 0 Å². The zero-order valence-electron chi connectivity index (χ0n) is 19.0. The molecule has 0 aliphatic heterocycles. The number of aromatic nitrogens is 2. The number of aliphatic hydroxyl groups is 1. The highest BCUT2D eigenvalue weighted by atomic mass is 16.4. The van der Waals surface area contributed by atoms with Gasteiger partial charge in [-0.05, 0) is 18.8 Å². The zero-order chi connectivity index (χ0) is 24.6. The largest absolute Gasteiger partial charge is 0.480 e. The van der Waals surface area contributed by atoms with Crippen LogP contribution in [0.25, 0.3) is 0 Å². The standard InChI is InChI=1S/C20H34N6O6/c1-9(2)14(21)18(29)25-15(10(3)4)19(30)24-13(6-12-7-22-8-23-12)17(28)26-16(11(5)27)20(31)32/h7-11,13-16,27H,6,21H2,1-5H3,(H,22,23)(H,24,30)(H,25,29)(H,26,28)(H,31,32). The zero-order valence-corrected chi connectivity index (χ0v) is 19.0. The first-order chi connectivity index (χ1) is 14.8. The maximum Gasteiger partial charge on any atom is 0.328 e. The minimum absolute atomic E-state index is 0.0198. The molecule has 1 aromatic rings. The summed E-state index contributed by atoms with van der Waals surface area (Å²) in [4.78, 5) is 56.2. The Balaban J connectivity index is 3.05. The molecule has 1 heterocycles. The number of carboxylic acid groups (broad SMARTS) is 1. The number of carboxylic acids is 1. The number of hydrogen-bond donors (Lipinski definition) is 7. The van der Waals surface area contributed by atoms with E-state index in [1.807, 2.05) is 0 Å². The predicted molar refractivity (Wildman–Crippen MR) is 115 cm³/mol. The molecule has 3 amide bonds. The van der Waals surface area contributed by atoms with Crippen LogP contribution in [0.15, 0.2) is 12.5 Å². The van der Waals surface area contributed by atoms with Gasteiger partial charge in [-0.2, -0.15) is 0 Å². The number of rotatable bonds is 12. The summed E-state index contributed by atoms with van der Waals surface area (Å²) in [5.74, 6) is -3.82. The number of nitrogens with one attached hydrogen (secondary N) is 4. The van der Waals surface area contributed by atoms with E-state index in [2.05, 4.69) is 25.9 Å². The number of nitrogens with zero attached hydrogens (tertiary/aromatic N) is 1. The van der Waals surface area contributed by atoms with E-state index in [0.29, 0.717) is 5.69 Å². The van der Waals surface area contributed by atoms with Gasteiger partial charge < -0.3 is 36.9 Å². The first-order valence-electron chi connectivity index (χ1n) is 10.4. The Morgan fingerprint density at radius 1 is 0.969 bits per heavy atom. The molecule has 0 aliphatic rings. The van der Waals surface area contributed by atoms with Gasteiger partial charge in [-0.25, -0.2) is 9.78 Å². The van der Waals surface area contributed by atoms with Crippen LogP contribution in [0, 0.1) is 11.8 Å². The van der Waals surface area contributed by atoms with E-state index >= 15 is 0 Å². The average molecular weight is 455 g/mol. The van der Waals surface area contributed by atoms with E-state index in [4.69, 9.17) is 5.73 Å². The van der Waals surface area contributed by atoms with Gasteiger partial charge in [0.15, 0.2) is 6.04 Å². The maximum absolute atomic E-state index is 13.0. The lowest BCUT2D eigenvalue weighted by Crippen LogP contribution is -2.60. The second-order valence-electron chi connectivity index (χ2n) is 8.41. The van der Waals surface area contributed by atoms with Gasteiger partial charge in [0.05, 0.1) is 18.5 Å². The molecule has 5 unspecified atom stereocenters. The number of carbonyl (C=O) groups excluding carboxylic acids is 3. The Kier molecular flexibility index (Phi) is 10.3. The number of H-pyrrole nitrogens is 1. The van der Waals surface area contributed by atoms with Crippen molar-refractivity contribution in [3.63, 3.8) is 0 Å². The van der Waals surface area contributed by atoms with Crippen LogP contribution in [0.2, 0.25) is 0 Å². The monoisotopic (exact) mass is 454 g/mol. The Morgan fingerprint density at radius 2 is 1.56 bits per heavy atom. The highest BCUT2D eigenvalue weighted by Gasteiger charge is 2.33.